The van der Waals surface area contributed by atoms with Gasteiger partial charge in [0.25, 0.3) is 5.91 Å². The van der Waals surface area contributed by atoms with E-state index in [0.717, 1.165) is 41.0 Å². The number of urea groups is 1. The van der Waals surface area contributed by atoms with Gasteiger partial charge in [0, 0.05) is 11.4 Å². The molecule has 30 heavy (non-hydrogen) atoms. The van der Waals surface area contributed by atoms with Crippen LogP contribution in [0.15, 0.2) is 47.8 Å². The van der Waals surface area contributed by atoms with E-state index in [1.54, 1.807) is 16.2 Å². The zero-order chi connectivity index (χ0) is 21.0. The average Bonchev–Trinajstić information content (AvgIpc) is 3.35. The predicted octanol–water partition coefficient (Wildman–Crippen LogP) is 3.57. The maximum atomic E-state index is 13.2. The number of amides is 4. The van der Waals surface area contributed by atoms with E-state index in [1.165, 1.54) is 0 Å². The van der Waals surface area contributed by atoms with Gasteiger partial charge in [0.05, 0.1) is 6.54 Å². The van der Waals surface area contributed by atoms with E-state index in [2.05, 4.69) is 5.32 Å². The smallest absolute Gasteiger partial charge is 0.325 e. The molecule has 0 atom stereocenters. The fourth-order valence-corrected chi connectivity index (χ4v) is 5.06. The molecule has 1 aromatic heterocycles. The second-order valence-electron chi connectivity index (χ2n) is 8.09. The third-order valence-electron chi connectivity index (χ3n) is 6.04. The van der Waals surface area contributed by atoms with Gasteiger partial charge in [0.2, 0.25) is 5.91 Å². The normalized spacial score (nSPS) is 17.9. The summed E-state index contributed by atoms with van der Waals surface area (Å²) < 4.78 is 0. The van der Waals surface area contributed by atoms with E-state index in [0.29, 0.717) is 25.9 Å². The van der Waals surface area contributed by atoms with Crippen LogP contribution in [0, 0.1) is 0 Å². The Morgan fingerprint density at radius 2 is 1.83 bits per heavy atom. The molecule has 2 fully saturated rings. The lowest BCUT2D eigenvalue weighted by molar-refractivity contribution is -0.139. The van der Waals surface area contributed by atoms with Crippen molar-refractivity contribution in [1.29, 1.82) is 0 Å². The number of nitrogens with zero attached hydrogens (tertiary/aromatic N) is 2. The van der Waals surface area contributed by atoms with E-state index in [-0.39, 0.29) is 18.4 Å². The van der Waals surface area contributed by atoms with Gasteiger partial charge in [-0.15, -0.1) is 11.3 Å². The molecule has 1 saturated carbocycles. The standard InChI is InChI=1S/C23H27N3O3S/c27-20(17-26-21(28)23(24-22(26)29)12-5-2-6-13-23)25(16-19-10-7-15-30-19)14-11-18-8-3-1-4-9-18/h1,3-4,7-10,15H,2,5-6,11-14,16-17H2,(H,24,29). The number of nitrogens with one attached hydrogen (secondary N) is 1. The van der Waals surface area contributed by atoms with E-state index < -0.39 is 11.6 Å². The second-order valence-corrected chi connectivity index (χ2v) is 9.13. The van der Waals surface area contributed by atoms with Crippen molar-refractivity contribution in [2.24, 2.45) is 0 Å². The molecule has 6 nitrogen and oxygen atoms in total. The number of hydrogen-bond donors (Lipinski definition) is 1. The Morgan fingerprint density at radius 3 is 2.53 bits per heavy atom. The summed E-state index contributed by atoms with van der Waals surface area (Å²) in [4.78, 5) is 42.7. The predicted molar refractivity (Wildman–Crippen MR) is 116 cm³/mol. The monoisotopic (exact) mass is 425 g/mol. The SMILES string of the molecule is O=C(CN1C(=O)NC2(CCCCC2)C1=O)N(CCc1ccccc1)Cc1cccs1. The Balaban J connectivity index is 1.45. The van der Waals surface area contributed by atoms with E-state index >= 15 is 0 Å². The van der Waals surface area contributed by atoms with Crippen molar-refractivity contribution in [2.45, 2.75) is 50.6 Å². The van der Waals surface area contributed by atoms with Crippen LogP contribution < -0.4 is 5.32 Å². The van der Waals surface area contributed by atoms with Crippen LogP contribution in [0.5, 0.6) is 0 Å². The van der Waals surface area contributed by atoms with Gasteiger partial charge in [-0.25, -0.2) is 4.79 Å². The topological polar surface area (TPSA) is 69.7 Å². The summed E-state index contributed by atoms with van der Waals surface area (Å²) in [6.45, 7) is 0.820. The van der Waals surface area contributed by atoms with Gasteiger partial charge in [-0.05, 0) is 36.3 Å². The Kier molecular flexibility index (Phi) is 6.18. The average molecular weight is 426 g/mol. The molecule has 158 valence electrons. The van der Waals surface area contributed by atoms with Crippen LogP contribution in [0.1, 0.15) is 42.5 Å². The fraction of sp³-hybridized carbons (Fsp3) is 0.435. The second kappa shape index (κ2) is 9.00. The van der Waals surface area contributed by atoms with Crippen molar-refractivity contribution in [3.05, 3.63) is 58.3 Å². The van der Waals surface area contributed by atoms with Crippen molar-refractivity contribution in [2.75, 3.05) is 13.1 Å². The van der Waals surface area contributed by atoms with Gasteiger partial charge < -0.3 is 10.2 Å². The van der Waals surface area contributed by atoms with Gasteiger partial charge in [0.15, 0.2) is 0 Å². The molecule has 2 heterocycles. The maximum Gasteiger partial charge on any atom is 0.325 e. The number of benzene rings is 1. The molecule has 4 rings (SSSR count). The van der Waals surface area contributed by atoms with Crippen molar-refractivity contribution >= 4 is 29.2 Å². The number of hydrogen-bond acceptors (Lipinski definition) is 4. The number of imide groups is 1. The summed E-state index contributed by atoms with van der Waals surface area (Å²) in [5.41, 5.74) is 0.357. The lowest BCUT2D eigenvalue weighted by Crippen LogP contribution is -2.49. The minimum atomic E-state index is -0.793. The van der Waals surface area contributed by atoms with E-state index in [1.807, 2.05) is 47.8 Å². The molecule has 7 heteroatoms. The molecule has 2 aliphatic rings. The summed E-state index contributed by atoms with van der Waals surface area (Å²) in [5.74, 6) is -0.435. The molecule has 4 amide bonds. The molecule has 1 saturated heterocycles. The van der Waals surface area contributed by atoms with Crippen molar-refractivity contribution in [1.82, 2.24) is 15.1 Å². The lowest BCUT2D eigenvalue weighted by Gasteiger charge is -2.30. The van der Waals surface area contributed by atoms with Crippen molar-refractivity contribution in [3.63, 3.8) is 0 Å². The van der Waals surface area contributed by atoms with Gasteiger partial charge in [-0.2, -0.15) is 0 Å². The Labute approximate surface area is 180 Å². The molecule has 1 aromatic carbocycles. The number of carbonyl (C=O) groups excluding carboxylic acids is 3. The third kappa shape index (κ3) is 4.41. The third-order valence-corrected chi connectivity index (χ3v) is 6.90. The summed E-state index contributed by atoms with van der Waals surface area (Å²) >= 11 is 1.60. The zero-order valence-electron chi connectivity index (χ0n) is 17.0. The van der Waals surface area contributed by atoms with Gasteiger partial charge in [-0.3, -0.25) is 14.5 Å². The van der Waals surface area contributed by atoms with Crippen LogP contribution >= 0.6 is 11.3 Å². The number of thiophene rings is 1. The molecule has 1 spiro atoms. The molecular weight excluding hydrogens is 398 g/mol. The summed E-state index contributed by atoms with van der Waals surface area (Å²) in [5, 5.41) is 4.87. The Hall–Kier alpha value is -2.67. The Bertz CT molecular complexity index is 892. The van der Waals surface area contributed by atoms with Gasteiger partial charge >= 0.3 is 6.03 Å². The van der Waals surface area contributed by atoms with Crippen LogP contribution in [0.4, 0.5) is 4.79 Å². The number of rotatable bonds is 7. The van der Waals surface area contributed by atoms with Crippen molar-refractivity contribution < 1.29 is 14.4 Å². The molecule has 0 unspecified atom stereocenters. The maximum absolute atomic E-state index is 13.2. The summed E-state index contributed by atoms with van der Waals surface area (Å²) in [6.07, 6.45) is 4.98. The van der Waals surface area contributed by atoms with Gasteiger partial charge in [-0.1, -0.05) is 55.7 Å². The summed E-state index contributed by atoms with van der Waals surface area (Å²) in [7, 11) is 0. The first-order valence-corrected chi connectivity index (χ1v) is 11.4. The van der Waals surface area contributed by atoms with Crippen LogP contribution in [0.25, 0.3) is 0 Å². The molecule has 1 aliphatic carbocycles. The van der Waals surface area contributed by atoms with Crippen LogP contribution in [-0.2, 0) is 22.6 Å². The molecule has 2 aromatic rings. The molecular formula is C23H27N3O3S. The molecule has 1 aliphatic heterocycles. The molecule has 0 bridgehead atoms. The van der Waals surface area contributed by atoms with E-state index in [9.17, 15) is 14.4 Å². The highest BCUT2D eigenvalue weighted by Gasteiger charge is 2.51. The largest absolute Gasteiger partial charge is 0.336 e. The van der Waals surface area contributed by atoms with E-state index in [4.69, 9.17) is 0 Å². The quantitative estimate of drug-likeness (QED) is 0.690. The number of carbonyl (C=O) groups is 3. The zero-order valence-corrected chi connectivity index (χ0v) is 17.8. The lowest BCUT2D eigenvalue weighted by atomic mass is 9.82. The van der Waals surface area contributed by atoms with Crippen LogP contribution in [0.3, 0.4) is 0 Å². The first kappa shape index (κ1) is 20.6. The molecule has 0 radical (unpaired) electrons. The highest BCUT2D eigenvalue weighted by atomic mass is 32.1. The van der Waals surface area contributed by atoms with Crippen LogP contribution in [-0.4, -0.2) is 46.3 Å². The molecule has 1 N–H and O–H groups in total. The summed E-state index contributed by atoms with van der Waals surface area (Å²) in [6, 6.07) is 13.5. The minimum Gasteiger partial charge on any atom is -0.336 e. The highest BCUT2D eigenvalue weighted by Crippen LogP contribution is 2.33. The Morgan fingerprint density at radius 1 is 1.07 bits per heavy atom. The minimum absolute atomic E-state index is 0.198. The van der Waals surface area contributed by atoms with Crippen molar-refractivity contribution in [3.8, 4) is 0 Å². The fourth-order valence-electron chi connectivity index (χ4n) is 4.34. The first-order chi connectivity index (χ1) is 14.6. The first-order valence-electron chi connectivity index (χ1n) is 10.6. The van der Waals surface area contributed by atoms with Gasteiger partial charge in [0.1, 0.15) is 12.1 Å². The van der Waals surface area contributed by atoms with Crippen LogP contribution in [0.2, 0.25) is 0 Å². The highest BCUT2D eigenvalue weighted by molar-refractivity contribution is 7.09.